The molecule has 1 atom stereocenters. The monoisotopic (exact) mass is 247 g/mol. The maximum absolute atomic E-state index is 12.2. The van der Waals surface area contributed by atoms with Gasteiger partial charge < -0.3 is 5.32 Å². The quantitative estimate of drug-likeness (QED) is 0.654. The number of allylic oxidation sites excluding steroid dienone is 5. The molecule has 0 aromatic rings. The number of hydrogen-bond donors (Lipinski definition) is 1. The van der Waals surface area contributed by atoms with E-state index in [1.165, 1.54) is 19.3 Å². The molecule has 2 nitrogen and oxygen atoms in total. The molecule has 1 aliphatic heterocycles. The third-order valence-corrected chi connectivity index (χ3v) is 3.29. The number of ketones is 1. The molecule has 0 aromatic heterocycles. The van der Waals surface area contributed by atoms with Gasteiger partial charge in [-0.05, 0) is 25.0 Å². The van der Waals surface area contributed by atoms with Gasteiger partial charge in [0.2, 0.25) is 0 Å². The van der Waals surface area contributed by atoms with Crippen LogP contribution in [-0.4, -0.2) is 5.78 Å². The summed E-state index contributed by atoms with van der Waals surface area (Å²) in [6.45, 7) is 4.27. The summed E-state index contributed by atoms with van der Waals surface area (Å²) < 4.78 is 0. The molecule has 0 aromatic carbocycles. The Hall–Kier alpha value is -1.31. The Kier molecular flexibility index (Phi) is 7.16. The lowest BCUT2D eigenvalue weighted by Gasteiger charge is -2.17. The van der Waals surface area contributed by atoms with Gasteiger partial charge in [-0.1, -0.05) is 45.3 Å². The fraction of sp³-hybridized carbons (Fsp3) is 0.562. The highest BCUT2D eigenvalue weighted by atomic mass is 16.1. The first kappa shape index (κ1) is 14.7. The summed E-state index contributed by atoms with van der Waals surface area (Å²) in [5, 5.41) is 3.21. The first-order valence-corrected chi connectivity index (χ1v) is 7.12. The minimum absolute atomic E-state index is 0.0269. The average molecular weight is 247 g/mol. The van der Waals surface area contributed by atoms with Crippen molar-refractivity contribution < 1.29 is 4.79 Å². The molecule has 0 bridgehead atoms. The second-order valence-electron chi connectivity index (χ2n) is 4.75. The number of nitrogens with one attached hydrogen (secondary N) is 1. The lowest BCUT2D eigenvalue weighted by molar-refractivity contribution is -0.122. The molecular weight excluding hydrogens is 222 g/mol. The van der Waals surface area contributed by atoms with Gasteiger partial charge in [0.05, 0.1) is 5.92 Å². The number of unbranched alkanes of at least 4 members (excludes halogenated alkanes) is 3. The van der Waals surface area contributed by atoms with Gasteiger partial charge in [-0.2, -0.15) is 0 Å². The highest BCUT2D eigenvalue weighted by Crippen LogP contribution is 2.19. The SMILES string of the molecule is CCCCCCC(=O)C(CC)C1=CC=CC=CN1. The zero-order valence-corrected chi connectivity index (χ0v) is 11.6. The van der Waals surface area contributed by atoms with Crippen LogP contribution >= 0.6 is 0 Å². The normalized spacial score (nSPS) is 15.8. The highest BCUT2D eigenvalue weighted by molar-refractivity contribution is 5.83. The van der Waals surface area contributed by atoms with Crippen molar-refractivity contribution in [3.8, 4) is 0 Å². The smallest absolute Gasteiger partial charge is 0.141 e. The molecule has 0 radical (unpaired) electrons. The van der Waals surface area contributed by atoms with Crippen LogP contribution in [0, 0.1) is 5.92 Å². The molecule has 1 N–H and O–H groups in total. The molecule has 1 aliphatic rings. The fourth-order valence-corrected chi connectivity index (χ4v) is 2.21. The van der Waals surface area contributed by atoms with Gasteiger partial charge in [0.25, 0.3) is 0 Å². The Morgan fingerprint density at radius 2 is 2.00 bits per heavy atom. The molecule has 0 aliphatic carbocycles. The molecule has 18 heavy (non-hydrogen) atoms. The summed E-state index contributed by atoms with van der Waals surface area (Å²) in [7, 11) is 0. The maximum Gasteiger partial charge on any atom is 0.141 e. The standard InChI is InChI=1S/C16H25NO/c1-3-5-6-9-12-16(18)14(4-2)15-11-8-7-10-13-17-15/h7-8,10-11,13-14,17H,3-6,9,12H2,1-2H3. The van der Waals surface area contributed by atoms with Crippen molar-refractivity contribution in [1.29, 1.82) is 0 Å². The van der Waals surface area contributed by atoms with E-state index >= 15 is 0 Å². The number of hydrogen-bond acceptors (Lipinski definition) is 2. The molecule has 0 saturated carbocycles. The van der Waals surface area contributed by atoms with Crippen LogP contribution in [-0.2, 0) is 4.79 Å². The molecule has 0 fully saturated rings. The van der Waals surface area contributed by atoms with Crippen molar-refractivity contribution in [3.05, 3.63) is 36.2 Å². The zero-order chi connectivity index (χ0) is 13.2. The molecule has 0 spiro atoms. The summed E-state index contributed by atoms with van der Waals surface area (Å²) in [6.07, 6.45) is 16.0. The Labute approximate surface area is 111 Å². The molecule has 0 amide bonds. The summed E-state index contributed by atoms with van der Waals surface area (Å²) in [5.74, 6) is 0.398. The topological polar surface area (TPSA) is 29.1 Å². The van der Waals surface area contributed by atoms with E-state index in [1.54, 1.807) is 0 Å². The van der Waals surface area contributed by atoms with E-state index in [0.29, 0.717) is 12.2 Å². The van der Waals surface area contributed by atoms with E-state index in [-0.39, 0.29) is 5.92 Å². The summed E-state index contributed by atoms with van der Waals surface area (Å²) in [4.78, 5) is 12.2. The van der Waals surface area contributed by atoms with Crippen molar-refractivity contribution in [1.82, 2.24) is 5.32 Å². The van der Waals surface area contributed by atoms with Crippen LogP contribution in [0.2, 0.25) is 0 Å². The number of carbonyl (C=O) groups excluding carboxylic acids is 1. The first-order chi connectivity index (χ1) is 8.79. The molecule has 0 saturated heterocycles. The molecule has 100 valence electrons. The van der Waals surface area contributed by atoms with E-state index in [1.807, 2.05) is 30.5 Å². The zero-order valence-electron chi connectivity index (χ0n) is 11.6. The number of rotatable bonds is 8. The minimum atomic E-state index is 0.0269. The Bertz CT molecular complexity index is 339. The van der Waals surface area contributed by atoms with Gasteiger partial charge in [0.1, 0.15) is 5.78 Å². The molecule has 2 heteroatoms. The second kappa shape index (κ2) is 8.73. The van der Waals surface area contributed by atoms with Crippen molar-refractivity contribution in [2.24, 2.45) is 5.92 Å². The third-order valence-electron chi connectivity index (χ3n) is 3.29. The van der Waals surface area contributed by atoms with Crippen molar-refractivity contribution in [2.75, 3.05) is 0 Å². The summed E-state index contributed by atoms with van der Waals surface area (Å²) in [6, 6.07) is 0. The molecule has 1 heterocycles. The van der Waals surface area contributed by atoms with Gasteiger partial charge in [0.15, 0.2) is 0 Å². The van der Waals surface area contributed by atoms with Crippen LogP contribution in [0.4, 0.5) is 0 Å². The summed E-state index contributed by atoms with van der Waals surface area (Å²) in [5.41, 5.74) is 1.03. The Morgan fingerprint density at radius 3 is 2.72 bits per heavy atom. The van der Waals surface area contributed by atoms with Crippen LogP contribution in [0.15, 0.2) is 36.2 Å². The largest absolute Gasteiger partial charge is 0.364 e. The lowest BCUT2D eigenvalue weighted by atomic mass is 9.93. The predicted molar refractivity (Wildman–Crippen MR) is 77.0 cm³/mol. The Balaban J connectivity index is 2.49. The average Bonchev–Trinajstić information content (AvgIpc) is 2.65. The van der Waals surface area contributed by atoms with E-state index < -0.39 is 0 Å². The second-order valence-corrected chi connectivity index (χ2v) is 4.75. The fourth-order valence-electron chi connectivity index (χ4n) is 2.21. The van der Waals surface area contributed by atoms with Crippen molar-refractivity contribution in [2.45, 2.75) is 52.4 Å². The first-order valence-electron chi connectivity index (χ1n) is 7.12. The third kappa shape index (κ3) is 4.91. The van der Waals surface area contributed by atoms with E-state index in [2.05, 4.69) is 19.2 Å². The van der Waals surface area contributed by atoms with Gasteiger partial charge in [-0.25, -0.2) is 0 Å². The number of carbonyl (C=O) groups is 1. The summed E-state index contributed by atoms with van der Waals surface area (Å²) >= 11 is 0. The Morgan fingerprint density at radius 1 is 1.17 bits per heavy atom. The van der Waals surface area contributed by atoms with Crippen molar-refractivity contribution >= 4 is 5.78 Å². The van der Waals surface area contributed by atoms with Gasteiger partial charge in [-0.3, -0.25) is 4.79 Å². The minimum Gasteiger partial charge on any atom is -0.364 e. The van der Waals surface area contributed by atoms with Crippen LogP contribution in [0.1, 0.15) is 52.4 Å². The van der Waals surface area contributed by atoms with Crippen LogP contribution < -0.4 is 5.32 Å². The lowest BCUT2D eigenvalue weighted by Crippen LogP contribution is -2.22. The highest BCUT2D eigenvalue weighted by Gasteiger charge is 2.19. The molecular formula is C16H25NO. The molecule has 1 unspecified atom stereocenters. The van der Waals surface area contributed by atoms with E-state index in [4.69, 9.17) is 0 Å². The van der Waals surface area contributed by atoms with Gasteiger partial charge in [-0.15, -0.1) is 0 Å². The van der Waals surface area contributed by atoms with E-state index in [0.717, 1.165) is 18.5 Å². The van der Waals surface area contributed by atoms with Crippen LogP contribution in [0.25, 0.3) is 0 Å². The van der Waals surface area contributed by atoms with Crippen LogP contribution in [0.3, 0.4) is 0 Å². The molecule has 1 rings (SSSR count). The number of Topliss-reactive ketones (excluding diaryl/α,β-unsaturated/α-hetero) is 1. The van der Waals surface area contributed by atoms with Crippen LogP contribution in [0.5, 0.6) is 0 Å². The van der Waals surface area contributed by atoms with E-state index in [9.17, 15) is 4.79 Å². The van der Waals surface area contributed by atoms with Gasteiger partial charge in [0, 0.05) is 18.3 Å². The van der Waals surface area contributed by atoms with Gasteiger partial charge >= 0.3 is 0 Å². The maximum atomic E-state index is 12.2. The predicted octanol–water partition coefficient (Wildman–Crippen LogP) is 4.11. The van der Waals surface area contributed by atoms with Crippen molar-refractivity contribution in [3.63, 3.8) is 0 Å².